The van der Waals surface area contributed by atoms with Crippen molar-refractivity contribution in [1.82, 2.24) is 14.4 Å². The van der Waals surface area contributed by atoms with E-state index >= 15 is 0 Å². The van der Waals surface area contributed by atoms with Crippen LogP contribution in [-0.4, -0.2) is 20.4 Å². The van der Waals surface area contributed by atoms with Crippen molar-refractivity contribution >= 4 is 11.6 Å². The summed E-state index contributed by atoms with van der Waals surface area (Å²) in [5.41, 5.74) is 3.47. The van der Waals surface area contributed by atoms with Crippen molar-refractivity contribution in [3.8, 4) is 0 Å². The highest BCUT2D eigenvalue weighted by molar-refractivity contribution is 5.54. The van der Waals surface area contributed by atoms with Crippen molar-refractivity contribution in [2.75, 3.05) is 5.32 Å². The Hall–Kier alpha value is -1.58. The maximum absolute atomic E-state index is 4.86. The normalized spacial score (nSPS) is 16.1. The standard InChI is InChI=1S/C19H30N4/c1-4-5-7-12-17-18(21-16-10-8-6-9-11-16)23-15(3)13-14(2)20-19(23)22-17/h13,16,21H,4-12H2,1-3H3. The monoisotopic (exact) mass is 314 g/mol. The lowest BCUT2D eigenvalue weighted by Gasteiger charge is -2.24. The van der Waals surface area contributed by atoms with E-state index in [0.717, 1.165) is 17.9 Å². The average Bonchev–Trinajstić information content (AvgIpc) is 2.86. The van der Waals surface area contributed by atoms with Crippen LogP contribution in [0.15, 0.2) is 6.07 Å². The van der Waals surface area contributed by atoms with Crippen LogP contribution in [0.3, 0.4) is 0 Å². The molecular formula is C19H30N4. The van der Waals surface area contributed by atoms with Gasteiger partial charge in [0.15, 0.2) is 0 Å². The zero-order valence-corrected chi connectivity index (χ0v) is 14.9. The first-order chi connectivity index (χ1) is 11.2. The van der Waals surface area contributed by atoms with Crippen molar-refractivity contribution in [3.63, 3.8) is 0 Å². The molecule has 0 atom stereocenters. The number of rotatable bonds is 6. The fourth-order valence-electron chi connectivity index (χ4n) is 3.72. The molecule has 0 aromatic carbocycles. The molecule has 4 nitrogen and oxygen atoms in total. The van der Waals surface area contributed by atoms with Gasteiger partial charge in [0, 0.05) is 17.4 Å². The molecular weight excluding hydrogens is 284 g/mol. The van der Waals surface area contributed by atoms with Crippen LogP contribution in [0, 0.1) is 13.8 Å². The lowest BCUT2D eigenvalue weighted by Crippen LogP contribution is -2.24. The van der Waals surface area contributed by atoms with E-state index in [1.165, 1.54) is 68.6 Å². The number of hydrogen-bond acceptors (Lipinski definition) is 3. The smallest absolute Gasteiger partial charge is 0.236 e. The molecule has 0 bridgehead atoms. The third-order valence-corrected chi connectivity index (χ3v) is 4.94. The Bertz CT molecular complexity index is 653. The van der Waals surface area contributed by atoms with Gasteiger partial charge in [-0.15, -0.1) is 0 Å². The molecule has 0 aliphatic heterocycles. The second-order valence-electron chi connectivity index (χ2n) is 7.02. The van der Waals surface area contributed by atoms with Crippen molar-refractivity contribution in [1.29, 1.82) is 0 Å². The molecule has 2 aromatic rings. The third kappa shape index (κ3) is 3.67. The van der Waals surface area contributed by atoms with E-state index < -0.39 is 0 Å². The highest BCUT2D eigenvalue weighted by atomic mass is 15.2. The first-order valence-corrected chi connectivity index (χ1v) is 9.31. The van der Waals surface area contributed by atoms with Crippen molar-refractivity contribution in [2.45, 2.75) is 84.6 Å². The second kappa shape index (κ2) is 7.33. The fraction of sp³-hybridized carbons (Fsp3) is 0.684. The van der Waals surface area contributed by atoms with Crippen LogP contribution in [0.1, 0.15) is 75.4 Å². The van der Waals surface area contributed by atoms with Gasteiger partial charge in [-0.25, -0.2) is 9.97 Å². The molecule has 0 saturated heterocycles. The summed E-state index contributed by atoms with van der Waals surface area (Å²) in [5, 5.41) is 3.82. The fourth-order valence-corrected chi connectivity index (χ4v) is 3.72. The molecule has 1 fully saturated rings. The van der Waals surface area contributed by atoms with Crippen molar-refractivity contribution in [2.24, 2.45) is 0 Å². The summed E-state index contributed by atoms with van der Waals surface area (Å²) >= 11 is 0. The van der Waals surface area contributed by atoms with Gasteiger partial charge in [0.2, 0.25) is 5.78 Å². The summed E-state index contributed by atoms with van der Waals surface area (Å²) in [5.74, 6) is 2.06. The van der Waals surface area contributed by atoms with Gasteiger partial charge in [-0.3, -0.25) is 4.40 Å². The Morgan fingerprint density at radius 2 is 1.91 bits per heavy atom. The molecule has 0 spiro atoms. The summed E-state index contributed by atoms with van der Waals surface area (Å²) in [4.78, 5) is 9.51. The zero-order valence-electron chi connectivity index (χ0n) is 14.9. The number of aromatic nitrogens is 3. The molecule has 2 aromatic heterocycles. The number of fused-ring (bicyclic) bond motifs is 1. The highest BCUT2D eigenvalue weighted by Gasteiger charge is 2.20. The van der Waals surface area contributed by atoms with Crippen LogP contribution in [0.25, 0.3) is 5.78 Å². The number of hydrogen-bond donors (Lipinski definition) is 1. The van der Waals surface area contributed by atoms with Gasteiger partial charge in [0.05, 0.1) is 5.69 Å². The van der Waals surface area contributed by atoms with E-state index in [2.05, 4.69) is 34.6 Å². The summed E-state index contributed by atoms with van der Waals surface area (Å²) in [6, 6.07) is 2.74. The van der Waals surface area contributed by atoms with Gasteiger partial charge in [-0.2, -0.15) is 0 Å². The van der Waals surface area contributed by atoms with E-state index in [1.807, 2.05) is 6.92 Å². The Morgan fingerprint density at radius 1 is 1.13 bits per heavy atom. The molecule has 1 saturated carbocycles. The first-order valence-electron chi connectivity index (χ1n) is 9.31. The van der Waals surface area contributed by atoms with Crippen LogP contribution in [-0.2, 0) is 6.42 Å². The van der Waals surface area contributed by atoms with Crippen LogP contribution < -0.4 is 5.32 Å². The number of nitrogens with one attached hydrogen (secondary N) is 1. The van der Waals surface area contributed by atoms with Crippen LogP contribution in [0.5, 0.6) is 0 Å². The molecule has 4 heteroatoms. The number of anilines is 1. The summed E-state index contributed by atoms with van der Waals surface area (Å²) in [6.07, 6.45) is 11.4. The zero-order chi connectivity index (χ0) is 16.2. The van der Waals surface area contributed by atoms with Crippen LogP contribution >= 0.6 is 0 Å². The first kappa shape index (κ1) is 16.3. The van der Waals surface area contributed by atoms with Crippen molar-refractivity contribution < 1.29 is 0 Å². The Morgan fingerprint density at radius 3 is 2.65 bits per heavy atom. The quantitative estimate of drug-likeness (QED) is 0.777. The van der Waals surface area contributed by atoms with E-state index in [9.17, 15) is 0 Å². The predicted molar refractivity (Wildman–Crippen MR) is 96.2 cm³/mol. The van der Waals surface area contributed by atoms with Crippen molar-refractivity contribution in [3.05, 3.63) is 23.1 Å². The minimum atomic E-state index is 0.592. The van der Waals surface area contributed by atoms with Crippen LogP contribution in [0.4, 0.5) is 5.82 Å². The summed E-state index contributed by atoms with van der Waals surface area (Å²) in [7, 11) is 0. The molecule has 1 N–H and O–H groups in total. The molecule has 0 unspecified atom stereocenters. The van der Waals surface area contributed by atoms with Gasteiger partial charge in [0.25, 0.3) is 0 Å². The van der Waals surface area contributed by atoms with E-state index in [-0.39, 0.29) is 0 Å². The highest BCUT2D eigenvalue weighted by Crippen LogP contribution is 2.26. The van der Waals surface area contributed by atoms with Crippen LogP contribution in [0.2, 0.25) is 0 Å². The van der Waals surface area contributed by atoms with Gasteiger partial charge in [-0.1, -0.05) is 39.0 Å². The summed E-state index contributed by atoms with van der Waals surface area (Å²) < 4.78 is 2.23. The van der Waals surface area contributed by atoms with E-state index in [4.69, 9.17) is 4.98 Å². The minimum absolute atomic E-state index is 0.592. The number of unbranched alkanes of at least 4 members (excludes halogenated alkanes) is 2. The molecule has 1 aliphatic rings. The average molecular weight is 314 g/mol. The van der Waals surface area contributed by atoms with E-state index in [0.29, 0.717) is 6.04 Å². The van der Waals surface area contributed by atoms with Gasteiger partial charge in [0.1, 0.15) is 5.82 Å². The third-order valence-electron chi connectivity index (χ3n) is 4.94. The topological polar surface area (TPSA) is 42.2 Å². The number of imidazole rings is 1. The molecule has 23 heavy (non-hydrogen) atoms. The molecule has 3 rings (SSSR count). The minimum Gasteiger partial charge on any atom is -0.367 e. The second-order valence-corrected chi connectivity index (χ2v) is 7.02. The SMILES string of the molecule is CCCCCc1nc2nc(C)cc(C)n2c1NC1CCCCC1. The Labute approximate surface area is 139 Å². The Kier molecular flexibility index (Phi) is 5.19. The van der Waals surface area contributed by atoms with E-state index in [1.54, 1.807) is 0 Å². The number of nitrogens with zero attached hydrogens (tertiary/aromatic N) is 3. The lowest BCUT2D eigenvalue weighted by atomic mass is 9.95. The predicted octanol–water partition coefficient (Wildman–Crippen LogP) is 4.82. The molecule has 1 aliphatic carbocycles. The summed E-state index contributed by atoms with van der Waals surface area (Å²) in [6.45, 7) is 6.46. The van der Waals surface area contributed by atoms with Gasteiger partial charge in [-0.05, 0) is 45.6 Å². The largest absolute Gasteiger partial charge is 0.367 e. The van der Waals surface area contributed by atoms with Gasteiger partial charge >= 0.3 is 0 Å². The maximum atomic E-state index is 4.86. The van der Waals surface area contributed by atoms with Gasteiger partial charge < -0.3 is 5.32 Å². The number of aryl methyl sites for hydroxylation is 3. The maximum Gasteiger partial charge on any atom is 0.236 e. The molecule has 126 valence electrons. The molecule has 0 amide bonds. The lowest BCUT2D eigenvalue weighted by molar-refractivity contribution is 0.461. The molecule has 0 radical (unpaired) electrons. The Balaban J connectivity index is 1.94. The molecule has 2 heterocycles.